The molecule has 0 saturated carbocycles. The quantitative estimate of drug-likeness (QED) is 0.235. The molecule has 6 nitrogen and oxygen atoms in total. The van der Waals surface area contributed by atoms with E-state index in [4.69, 9.17) is 16.3 Å². The van der Waals surface area contributed by atoms with E-state index in [2.05, 4.69) is 5.32 Å². The molecule has 1 fully saturated rings. The fraction of sp³-hybridized carbons (Fsp3) is 0.444. The Labute approximate surface area is 96.2 Å². The zero-order chi connectivity index (χ0) is 11.9. The van der Waals surface area contributed by atoms with Gasteiger partial charge in [0.1, 0.15) is 23.8 Å². The summed E-state index contributed by atoms with van der Waals surface area (Å²) in [6.07, 6.45) is 0.406. The van der Waals surface area contributed by atoms with Crippen molar-refractivity contribution in [3.8, 4) is 0 Å². The van der Waals surface area contributed by atoms with Gasteiger partial charge in [-0.15, -0.1) is 0 Å². The van der Waals surface area contributed by atoms with Crippen molar-refractivity contribution in [2.45, 2.75) is 18.5 Å². The van der Waals surface area contributed by atoms with Crippen LogP contribution in [0.25, 0.3) is 0 Å². The molecule has 0 aliphatic carbocycles. The van der Waals surface area contributed by atoms with E-state index in [1.807, 2.05) is 0 Å². The fourth-order valence-corrected chi connectivity index (χ4v) is 2.08. The summed E-state index contributed by atoms with van der Waals surface area (Å²) in [7, 11) is 0. The molecule has 0 bridgehead atoms. The van der Waals surface area contributed by atoms with Crippen molar-refractivity contribution in [2.75, 3.05) is 6.61 Å². The predicted octanol–water partition coefficient (Wildman–Crippen LogP) is -0.661. The highest BCUT2D eigenvalue weighted by molar-refractivity contribution is 6.27. The van der Waals surface area contributed by atoms with E-state index in [0.717, 1.165) is 4.90 Å². The number of alkyl halides is 1. The highest BCUT2D eigenvalue weighted by Crippen LogP contribution is 2.32. The van der Waals surface area contributed by atoms with Gasteiger partial charge in [-0.05, 0) is 12.5 Å². The summed E-state index contributed by atoms with van der Waals surface area (Å²) in [5.74, 6) is -0.957. The maximum Gasteiger partial charge on any atom is 0.355 e. The Bertz CT molecular complexity index is 406. The van der Waals surface area contributed by atoms with Crippen LogP contribution in [0.3, 0.4) is 0 Å². The SMILES string of the molecule is CC1=C(N2C(=O)C(NC=O)C2Cl)C(=O)OC1. The molecule has 2 aliphatic rings. The van der Waals surface area contributed by atoms with E-state index in [-0.39, 0.29) is 12.3 Å². The molecule has 1 saturated heterocycles. The molecule has 0 spiro atoms. The van der Waals surface area contributed by atoms with Crippen molar-refractivity contribution in [1.29, 1.82) is 0 Å². The highest BCUT2D eigenvalue weighted by Gasteiger charge is 2.51. The molecule has 2 amide bonds. The molecule has 1 N–H and O–H groups in total. The van der Waals surface area contributed by atoms with E-state index in [1.54, 1.807) is 6.92 Å². The Hall–Kier alpha value is -1.56. The number of nitrogens with one attached hydrogen (secondary N) is 1. The highest BCUT2D eigenvalue weighted by atomic mass is 35.5. The van der Waals surface area contributed by atoms with Gasteiger partial charge in [-0.2, -0.15) is 0 Å². The summed E-state index contributed by atoms with van der Waals surface area (Å²) < 4.78 is 4.77. The number of halogens is 1. The molecule has 2 heterocycles. The number of esters is 1. The lowest BCUT2D eigenvalue weighted by atomic mass is 10.0. The first kappa shape index (κ1) is 10.9. The van der Waals surface area contributed by atoms with Crippen LogP contribution in [0.2, 0.25) is 0 Å². The molecule has 0 radical (unpaired) electrons. The minimum atomic E-state index is -0.770. The van der Waals surface area contributed by atoms with Crippen LogP contribution in [-0.4, -0.2) is 41.3 Å². The maximum absolute atomic E-state index is 11.6. The number of carbonyl (C=O) groups is 3. The summed E-state index contributed by atoms with van der Waals surface area (Å²) in [6, 6.07) is -0.770. The Balaban J connectivity index is 2.19. The van der Waals surface area contributed by atoms with Crippen LogP contribution in [0, 0.1) is 0 Å². The Morgan fingerprint density at radius 2 is 2.25 bits per heavy atom. The maximum atomic E-state index is 11.6. The summed E-state index contributed by atoms with van der Waals surface area (Å²) >= 11 is 5.91. The van der Waals surface area contributed by atoms with Crippen molar-refractivity contribution < 1.29 is 19.1 Å². The van der Waals surface area contributed by atoms with Gasteiger partial charge in [0.05, 0.1) is 0 Å². The molecule has 2 atom stereocenters. The van der Waals surface area contributed by atoms with Crippen LogP contribution in [-0.2, 0) is 19.1 Å². The number of β-lactam (4-membered cyclic amide) rings is 1. The number of ether oxygens (including phenoxy) is 1. The van der Waals surface area contributed by atoms with Crippen LogP contribution in [0.15, 0.2) is 11.3 Å². The molecule has 16 heavy (non-hydrogen) atoms. The van der Waals surface area contributed by atoms with Crippen LogP contribution >= 0.6 is 11.6 Å². The van der Waals surface area contributed by atoms with Gasteiger partial charge >= 0.3 is 5.97 Å². The molecule has 2 aliphatic heterocycles. The van der Waals surface area contributed by atoms with E-state index < -0.39 is 23.4 Å². The number of cyclic esters (lactones) is 1. The number of nitrogens with zero attached hydrogens (tertiary/aromatic N) is 1. The van der Waals surface area contributed by atoms with Gasteiger partial charge in [0.25, 0.3) is 5.91 Å². The average Bonchev–Trinajstić information content (AvgIpc) is 2.58. The van der Waals surface area contributed by atoms with Crippen molar-refractivity contribution >= 4 is 29.9 Å². The summed E-state index contributed by atoms with van der Waals surface area (Å²) in [4.78, 5) is 34.3. The zero-order valence-corrected chi connectivity index (χ0v) is 9.15. The second-order valence-corrected chi connectivity index (χ2v) is 4.00. The lowest BCUT2D eigenvalue weighted by Gasteiger charge is -2.42. The van der Waals surface area contributed by atoms with Crippen molar-refractivity contribution in [1.82, 2.24) is 10.2 Å². The molecule has 2 unspecified atom stereocenters. The smallest absolute Gasteiger partial charge is 0.355 e. The van der Waals surface area contributed by atoms with Crippen LogP contribution < -0.4 is 5.32 Å². The molecular formula is C9H9ClN2O4. The normalized spacial score (nSPS) is 29.0. The van der Waals surface area contributed by atoms with E-state index in [1.165, 1.54) is 0 Å². The number of hydrogen-bond donors (Lipinski definition) is 1. The van der Waals surface area contributed by atoms with Gasteiger partial charge < -0.3 is 10.1 Å². The average molecular weight is 245 g/mol. The third-order valence-electron chi connectivity index (χ3n) is 2.53. The summed E-state index contributed by atoms with van der Waals surface area (Å²) in [5.41, 5.74) is 0.107. The second-order valence-electron chi connectivity index (χ2n) is 3.55. The monoisotopic (exact) mass is 244 g/mol. The lowest BCUT2D eigenvalue weighted by molar-refractivity contribution is -0.150. The Morgan fingerprint density at radius 3 is 2.69 bits per heavy atom. The van der Waals surface area contributed by atoms with Gasteiger partial charge in [0.15, 0.2) is 0 Å². The first-order chi connectivity index (χ1) is 7.57. The van der Waals surface area contributed by atoms with Gasteiger partial charge in [-0.25, -0.2) is 4.79 Å². The lowest BCUT2D eigenvalue weighted by Crippen LogP contribution is -2.67. The topological polar surface area (TPSA) is 75.7 Å². The summed E-state index contributed by atoms with van der Waals surface area (Å²) in [6.45, 7) is 1.87. The second kappa shape index (κ2) is 3.79. The summed E-state index contributed by atoms with van der Waals surface area (Å²) in [5, 5.41) is 2.29. The van der Waals surface area contributed by atoms with Crippen LogP contribution in [0.1, 0.15) is 6.92 Å². The predicted molar refractivity (Wildman–Crippen MR) is 53.1 cm³/mol. The largest absolute Gasteiger partial charge is 0.456 e. The Morgan fingerprint density at radius 1 is 1.56 bits per heavy atom. The third kappa shape index (κ3) is 1.37. The molecule has 7 heteroatoms. The van der Waals surface area contributed by atoms with E-state index in [9.17, 15) is 14.4 Å². The van der Waals surface area contributed by atoms with Crippen molar-refractivity contribution in [3.63, 3.8) is 0 Å². The van der Waals surface area contributed by atoms with Gasteiger partial charge in [-0.3, -0.25) is 14.5 Å². The number of likely N-dealkylation sites (tertiary alicyclic amines) is 1. The van der Waals surface area contributed by atoms with Crippen LogP contribution in [0.5, 0.6) is 0 Å². The van der Waals surface area contributed by atoms with Gasteiger partial charge in [0, 0.05) is 0 Å². The molecule has 86 valence electrons. The Kier molecular flexibility index (Phi) is 2.59. The first-order valence-electron chi connectivity index (χ1n) is 4.61. The van der Waals surface area contributed by atoms with Gasteiger partial charge in [0.2, 0.25) is 6.41 Å². The van der Waals surface area contributed by atoms with E-state index in [0.29, 0.717) is 12.0 Å². The number of rotatable bonds is 3. The minimum absolute atomic E-state index is 0.174. The number of hydrogen-bond acceptors (Lipinski definition) is 4. The van der Waals surface area contributed by atoms with Crippen molar-refractivity contribution in [2.24, 2.45) is 0 Å². The minimum Gasteiger partial charge on any atom is -0.456 e. The van der Waals surface area contributed by atoms with Gasteiger partial charge in [-0.1, -0.05) is 11.6 Å². The van der Waals surface area contributed by atoms with E-state index >= 15 is 0 Å². The first-order valence-corrected chi connectivity index (χ1v) is 5.05. The zero-order valence-electron chi connectivity index (χ0n) is 8.40. The molecule has 2 rings (SSSR count). The molecule has 0 aromatic carbocycles. The molecule has 0 aromatic rings. The molecular weight excluding hydrogens is 236 g/mol. The fourth-order valence-electron chi connectivity index (χ4n) is 1.70. The standard InChI is InChI=1S/C9H9ClN2O4/c1-4-2-16-9(15)6(4)12-7(10)5(8(12)14)11-3-13/h3,5,7H,2H2,1H3,(H,11,13). The molecule has 0 aromatic heterocycles. The van der Waals surface area contributed by atoms with Crippen LogP contribution in [0.4, 0.5) is 0 Å². The number of amides is 2. The third-order valence-corrected chi connectivity index (χ3v) is 2.98. The van der Waals surface area contributed by atoms with Crippen molar-refractivity contribution in [3.05, 3.63) is 11.3 Å². The number of carbonyl (C=O) groups excluding carboxylic acids is 3.